The molecule has 1 atom stereocenters. The van der Waals surface area contributed by atoms with E-state index < -0.39 is 17.9 Å². The molecule has 0 saturated heterocycles. The highest BCUT2D eigenvalue weighted by Crippen LogP contribution is 2.16. The van der Waals surface area contributed by atoms with E-state index >= 15 is 0 Å². The summed E-state index contributed by atoms with van der Waals surface area (Å²) in [6, 6.07) is 10.3. The Kier molecular flexibility index (Phi) is 5.94. The van der Waals surface area contributed by atoms with Gasteiger partial charge in [0.15, 0.2) is 0 Å². The highest BCUT2D eigenvalue weighted by molar-refractivity contribution is 5.96. The molecule has 0 radical (unpaired) electrons. The third-order valence-corrected chi connectivity index (χ3v) is 3.57. The van der Waals surface area contributed by atoms with Gasteiger partial charge in [-0.25, -0.2) is 0 Å². The molecule has 2 rings (SSSR count). The van der Waals surface area contributed by atoms with Gasteiger partial charge in [0.1, 0.15) is 11.5 Å². The Hall–Kier alpha value is -3.09. The van der Waals surface area contributed by atoms with Crippen LogP contribution in [0.25, 0.3) is 0 Å². The van der Waals surface area contributed by atoms with Crippen LogP contribution in [-0.2, 0) is 9.59 Å². The first-order valence-electron chi connectivity index (χ1n) is 7.85. The Morgan fingerprint density at radius 2 is 1.76 bits per heavy atom. The molecule has 0 fully saturated rings. The lowest BCUT2D eigenvalue weighted by Crippen LogP contribution is -2.43. The summed E-state index contributed by atoms with van der Waals surface area (Å²) in [7, 11) is 0. The highest BCUT2D eigenvalue weighted by atomic mass is 16.3. The number of furan rings is 1. The smallest absolute Gasteiger partial charge is 0.273 e. The topological polar surface area (TPSA) is 100 Å². The van der Waals surface area contributed by atoms with Crippen molar-refractivity contribution in [1.29, 1.82) is 0 Å². The van der Waals surface area contributed by atoms with E-state index in [1.807, 2.05) is 30.3 Å². The van der Waals surface area contributed by atoms with Gasteiger partial charge in [0.25, 0.3) is 5.91 Å². The first-order chi connectivity index (χ1) is 11.9. The van der Waals surface area contributed by atoms with Crippen molar-refractivity contribution in [3.8, 4) is 0 Å². The van der Waals surface area contributed by atoms with Gasteiger partial charge in [0.05, 0.1) is 18.0 Å². The number of benzene rings is 1. The van der Waals surface area contributed by atoms with Gasteiger partial charge in [-0.1, -0.05) is 30.3 Å². The second-order valence-corrected chi connectivity index (χ2v) is 5.70. The fourth-order valence-electron chi connectivity index (χ4n) is 2.47. The third-order valence-electron chi connectivity index (χ3n) is 3.57. The molecule has 1 aromatic carbocycles. The molecule has 3 N–H and O–H groups in total. The maximum Gasteiger partial charge on any atom is 0.273 e. The van der Waals surface area contributed by atoms with Crippen LogP contribution in [0.4, 0.5) is 0 Å². The standard InChI is InChI=1S/C18H21N3O4/c1-11-9-15(12(2)25-11)18(24)21-20-17(23)10-16(19-13(3)22)14-7-5-4-6-8-14/h4-9,16H,10H2,1-3H3,(H,19,22)(H,20,23)(H,21,24)/t16-/m1/s1. The number of hydrogen-bond donors (Lipinski definition) is 3. The second-order valence-electron chi connectivity index (χ2n) is 5.70. The summed E-state index contributed by atoms with van der Waals surface area (Å²) in [5.74, 6) is -0.0315. The monoisotopic (exact) mass is 343 g/mol. The highest BCUT2D eigenvalue weighted by Gasteiger charge is 2.18. The molecular weight excluding hydrogens is 322 g/mol. The van der Waals surface area contributed by atoms with Crippen LogP contribution in [0.3, 0.4) is 0 Å². The van der Waals surface area contributed by atoms with Crippen molar-refractivity contribution >= 4 is 17.7 Å². The van der Waals surface area contributed by atoms with E-state index in [1.165, 1.54) is 6.92 Å². The molecule has 1 heterocycles. The van der Waals surface area contributed by atoms with Crippen molar-refractivity contribution < 1.29 is 18.8 Å². The first-order valence-corrected chi connectivity index (χ1v) is 7.85. The SMILES string of the molecule is CC(=O)N[C@H](CC(=O)NNC(=O)c1cc(C)oc1C)c1ccccc1. The van der Waals surface area contributed by atoms with Gasteiger partial charge < -0.3 is 9.73 Å². The number of amides is 3. The average molecular weight is 343 g/mol. The summed E-state index contributed by atoms with van der Waals surface area (Å²) in [6.45, 7) is 4.80. The molecule has 0 spiro atoms. The maximum absolute atomic E-state index is 12.1. The van der Waals surface area contributed by atoms with Gasteiger partial charge in [0.2, 0.25) is 11.8 Å². The minimum absolute atomic E-state index is 0.00668. The summed E-state index contributed by atoms with van der Waals surface area (Å²) < 4.78 is 5.29. The van der Waals surface area contributed by atoms with Gasteiger partial charge in [0, 0.05) is 6.92 Å². The van der Waals surface area contributed by atoms with Crippen LogP contribution in [0, 0.1) is 13.8 Å². The maximum atomic E-state index is 12.1. The lowest BCUT2D eigenvalue weighted by atomic mass is 10.0. The summed E-state index contributed by atoms with van der Waals surface area (Å²) in [4.78, 5) is 35.6. The molecule has 0 aliphatic heterocycles. The van der Waals surface area contributed by atoms with E-state index in [9.17, 15) is 14.4 Å². The number of nitrogens with one attached hydrogen (secondary N) is 3. The first kappa shape index (κ1) is 18.3. The number of carbonyl (C=O) groups excluding carboxylic acids is 3. The van der Waals surface area contributed by atoms with Gasteiger partial charge in [-0.05, 0) is 25.5 Å². The van der Waals surface area contributed by atoms with Gasteiger partial charge in [-0.2, -0.15) is 0 Å². The zero-order valence-corrected chi connectivity index (χ0v) is 14.4. The van der Waals surface area contributed by atoms with E-state index in [4.69, 9.17) is 4.42 Å². The molecule has 2 aromatic rings. The van der Waals surface area contributed by atoms with Crippen molar-refractivity contribution in [2.75, 3.05) is 0 Å². The van der Waals surface area contributed by atoms with Crippen LogP contribution in [0.5, 0.6) is 0 Å². The normalized spacial score (nSPS) is 11.5. The molecule has 7 nitrogen and oxygen atoms in total. The quantitative estimate of drug-likeness (QED) is 0.722. The molecule has 0 unspecified atom stereocenters. The van der Waals surface area contributed by atoms with Crippen LogP contribution < -0.4 is 16.2 Å². The molecule has 1 aromatic heterocycles. The van der Waals surface area contributed by atoms with E-state index in [-0.39, 0.29) is 12.3 Å². The average Bonchev–Trinajstić information content (AvgIpc) is 2.91. The number of carbonyl (C=O) groups is 3. The predicted molar refractivity (Wildman–Crippen MR) is 91.4 cm³/mol. The number of hydrazine groups is 1. The van der Waals surface area contributed by atoms with Crippen LogP contribution in [0.15, 0.2) is 40.8 Å². The summed E-state index contributed by atoms with van der Waals surface area (Å²) >= 11 is 0. The number of rotatable bonds is 5. The molecule has 0 bridgehead atoms. The Bertz CT molecular complexity index is 768. The number of hydrogen-bond acceptors (Lipinski definition) is 4. The fourth-order valence-corrected chi connectivity index (χ4v) is 2.47. The minimum Gasteiger partial charge on any atom is -0.466 e. The molecule has 0 aliphatic carbocycles. The predicted octanol–water partition coefficient (Wildman–Crippen LogP) is 1.92. The zero-order valence-electron chi connectivity index (χ0n) is 14.4. The summed E-state index contributed by atoms with van der Waals surface area (Å²) in [5.41, 5.74) is 5.88. The molecule has 3 amide bonds. The van der Waals surface area contributed by atoms with Crippen LogP contribution in [-0.4, -0.2) is 17.7 Å². The Balaban J connectivity index is 1.96. The van der Waals surface area contributed by atoms with Crippen LogP contribution in [0.1, 0.15) is 46.8 Å². The van der Waals surface area contributed by atoms with Crippen molar-refractivity contribution in [2.24, 2.45) is 0 Å². The van der Waals surface area contributed by atoms with Crippen molar-refractivity contribution in [3.05, 3.63) is 59.0 Å². The second kappa shape index (κ2) is 8.14. The van der Waals surface area contributed by atoms with E-state index in [0.29, 0.717) is 17.1 Å². The third kappa shape index (κ3) is 5.20. The largest absolute Gasteiger partial charge is 0.466 e. The van der Waals surface area contributed by atoms with Gasteiger partial charge >= 0.3 is 0 Å². The number of aryl methyl sites for hydroxylation is 2. The van der Waals surface area contributed by atoms with E-state index in [2.05, 4.69) is 16.2 Å². The molecule has 0 aliphatic rings. The minimum atomic E-state index is -0.478. The van der Waals surface area contributed by atoms with Gasteiger partial charge in [-0.15, -0.1) is 0 Å². The Morgan fingerprint density at radius 1 is 1.08 bits per heavy atom. The van der Waals surface area contributed by atoms with Crippen LogP contribution >= 0.6 is 0 Å². The van der Waals surface area contributed by atoms with Crippen molar-refractivity contribution in [1.82, 2.24) is 16.2 Å². The van der Waals surface area contributed by atoms with E-state index in [0.717, 1.165) is 5.56 Å². The molecule has 132 valence electrons. The van der Waals surface area contributed by atoms with Crippen LogP contribution in [0.2, 0.25) is 0 Å². The molecular formula is C18H21N3O4. The zero-order chi connectivity index (χ0) is 18.4. The van der Waals surface area contributed by atoms with E-state index in [1.54, 1.807) is 19.9 Å². The molecule has 25 heavy (non-hydrogen) atoms. The lowest BCUT2D eigenvalue weighted by molar-refractivity contribution is -0.123. The molecule has 7 heteroatoms. The Labute approximate surface area is 145 Å². The summed E-state index contributed by atoms with van der Waals surface area (Å²) in [6.07, 6.45) is -0.00668. The van der Waals surface area contributed by atoms with Crippen molar-refractivity contribution in [3.63, 3.8) is 0 Å². The summed E-state index contributed by atoms with van der Waals surface area (Å²) in [5, 5.41) is 2.73. The molecule has 0 saturated carbocycles. The van der Waals surface area contributed by atoms with Crippen molar-refractivity contribution in [2.45, 2.75) is 33.2 Å². The van der Waals surface area contributed by atoms with Gasteiger partial charge in [-0.3, -0.25) is 25.2 Å². The Morgan fingerprint density at radius 3 is 2.32 bits per heavy atom. The fraction of sp³-hybridized carbons (Fsp3) is 0.278. The lowest BCUT2D eigenvalue weighted by Gasteiger charge is -2.18.